The summed E-state index contributed by atoms with van der Waals surface area (Å²) in [5.41, 5.74) is -5.26. The molecule has 0 fully saturated rings. The zero-order valence-corrected chi connectivity index (χ0v) is 15.3. The number of halogens is 3. The van der Waals surface area contributed by atoms with Crippen LogP contribution < -0.4 is 20.1 Å². The number of hydrogen-bond acceptors (Lipinski definition) is 6. The van der Waals surface area contributed by atoms with Gasteiger partial charge in [0.15, 0.2) is 11.5 Å². The molecule has 2 amide bonds. The normalized spacial score (nSPS) is 19.2. The molecule has 2 rings (SSSR count). The quantitative estimate of drug-likeness (QED) is 0.720. The van der Waals surface area contributed by atoms with Gasteiger partial charge in [0.25, 0.3) is 11.8 Å². The van der Waals surface area contributed by atoms with Gasteiger partial charge in [0, 0.05) is 11.3 Å². The van der Waals surface area contributed by atoms with Gasteiger partial charge in [-0.05, 0) is 25.1 Å². The van der Waals surface area contributed by atoms with E-state index in [-0.39, 0.29) is 22.8 Å². The Morgan fingerprint density at radius 3 is 2.21 bits per heavy atom. The van der Waals surface area contributed by atoms with E-state index in [1.807, 2.05) is 5.32 Å². The minimum atomic E-state index is -5.33. The summed E-state index contributed by atoms with van der Waals surface area (Å²) < 4.78 is 56.3. The Bertz CT molecular complexity index is 865. The fourth-order valence-electron chi connectivity index (χ4n) is 2.81. The first-order valence-corrected chi connectivity index (χ1v) is 7.75. The maximum Gasteiger partial charge on any atom is 0.425 e. The smallest absolute Gasteiger partial charge is 0.425 e. The monoisotopic (exact) mass is 402 g/mol. The van der Waals surface area contributed by atoms with Gasteiger partial charge in [-0.25, -0.2) is 4.79 Å². The molecule has 0 saturated carbocycles. The van der Waals surface area contributed by atoms with Crippen molar-refractivity contribution < 1.29 is 41.8 Å². The molecule has 0 unspecified atom stereocenters. The second kappa shape index (κ2) is 7.41. The number of benzene rings is 1. The van der Waals surface area contributed by atoms with Gasteiger partial charge in [-0.1, -0.05) is 0 Å². The molecule has 0 bridgehead atoms. The Labute approximate surface area is 157 Å². The first-order chi connectivity index (χ1) is 13.0. The van der Waals surface area contributed by atoms with Crippen LogP contribution in [0.4, 0.5) is 13.2 Å². The Morgan fingerprint density at radius 2 is 1.71 bits per heavy atom. The molecule has 0 spiro atoms. The Balaban J connectivity index is 2.56. The zero-order valence-electron chi connectivity index (χ0n) is 15.3. The lowest BCUT2D eigenvalue weighted by Gasteiger charge is -2.31. The summed E-state index contributed by atoms with van der Waals surface area (Å²) in [4.78, 5) is 36.8. The number of ether oxygens (including phenoxy) is 3. The van der Waals surface area contributed by atoms with Crippen LogP contribution in [0.25, 0.3) is 0 Å². The summed E-state index contributed by atoms with van der Waals surface area (Å²) in [6.07, 6.45) is -5.33. The predicted octanol–water partition coefficient (Wildman–Crippen LogP) is 1.31. The van der Waals surface area contributed by atoms with Gasteiger partial charge >= 0.3 is 12.1 Å². The van der Waals surface area contributed by atoms with Crippen LogP contribution in [0.3, 0.4) is 0 Å². The van der Waals surface area contributed by atoms with Crippen LogP contribution in [-0.4, -0.2) is 50.8 Å². The van der Waals surface area contributed by atoms with Gasteiger partial charge in [-0.15, -0.1) is 0 Å². The number of allylic oxidation sites excluding steroid dienone is 1. The van der Waals surface area contributed by atoms with E-state index in [4.69, 9.17) is 9.47 Å². The third-order valence-electron chi connectivity index (χ3n) is 4.15. The van der Waals surface area contributed by atoms with E-state index in [9.17, 15) is 27.6 Å². The summed E-state index contributed by atoms with van der Waals surface area (Å²) in [7, 11) is 3.49. The van der Waals surface area contributed by atoms with Crippen molar-refractivity contribution in [3.05, 3.63) is 35.0 Å². The van der Waals surface area contributed by atoms with Crippen molar-refractivity contribution in [1.29, 1.82) is 0 Å². The number of methoxy groups -OCH3 is 3. The van der Waals surface area contributed by atoms with Gasteiger partial charge in [-0.2, -0.15) is 13.2 Å². The summed E-state index contributed by atoms with van der Waals surface area (Å²) >= 11 is 0. The Kier molecular flexibility index (Phi) is 5.57. The van der Waals surface area contributed by atoms with Crippen LogP contribution in [-0.2, 0) is 14.3 Å². The highest BCUT2D eigenvalue weighted by Gasteiger charge is 2.69. The fourth-order valence-corrected chi connectivity index (χ4v) is 2.81. The second-order valence-electron chi connectivity index (χ2n) is 5.72. The Hall–Kier alpha value is -3.24. The van der Waals surface area contributed by atoms with Crippen molar-refractivity contribution in [2.24, 2.45) is 0 Å². The van der Waals surface area contributed by atoms with Gasteiger partial charge in [0.1, 0.15) is 5.57 Å². The van der Waals surface area contributed by atoms with Crippen LogP contribution in [0.1, 0.15) is 17.3 Å². The molecule has 8 nitrogen and oxygen atoms in total. The molecule has 0 aliphatic carbocycles. The number of hydrogen-bond donors (Lipinski definition) is 2. The SMILES string of the molecule is COC(=O)C1=C(C)NC(=O)[C@]1(NC(=O)c1ccc(OC)c(OC)c1)C(F)(F)F. The number of esters is 1. The summed E-state index contributed by atoms with van der Waals surface area (Å²) in [5.74, 6) is -3.95. The topological polar surface area (TPSA) is 103 Å². The lowest BCUT2D eigenvalue weighted by molar-refractivity contribution is -0.188. The second-order valence-corrected chi connectivity index (χ2v) is 5.72. The molecule has 0 saturated heterocycles. The highest BCUT2D eigenvalue weighted by atomic mass is 19.4. The van der Waals surface area contributed by atoms with Crippen molar-refractivity contribution in [2.45, 2.75) is 18.6 Å². The summed E-state index contributed by atoms with van der Waals surface area (Å²) in [6.45, 7) is 1.10. The summed E-state index contributed by atoms with van der Waals surface area (Å²) in [5, 5.41) is 3.59. The van der Waals surface area contributed by atoms with Crippen LogP contribution in [0, 0.1) is 0 Å². The molecule has 2 N–H and O–H groups in total. The van der Waals surface area contributed by atoms with Gasteiger partial charge in [0.2, 0.25) is 5.54 Å². The highest BCUT2D eigenvalue weighted by Crippen LogP contribution is 2.42. The standard InChI is InChI=1S/C17H17F3N2O6/c1-8-12(14(24)28-4)16(15(25)21-8,17(18,19)20)22-13(23)9-5-6-10(26-2)11(7-9)27-3/h5-7H,1-4H3,(H,21,25)(H,22,23)/t16-/m0/s1. The molecule has 11 heteroatoms. The Morgan fingerprint density at radius 1 is 1.11 bits per heavy atom. The van der Waals surface area contributed by atoms with Gasteiger partial charge in [0.05, 0.1) is 21.3 Å². The molecular weight excluding hydrogens is 385 g/mol. The molecule has 1 atom stereocenters. The number of nitrogens with one attached hydrogen (secondary N) is 2. The van der Waals surface area contributed by atoms with E-state index in [0.717, 1.165) is 20.1 Å². The molecule has 1 aromatic carbocycles. The molecule has 1 aliphatic rings. The number of amides is 2. The molecule has 0 radical (unpaired) electrons. The molecule has 152 valence electrons. The number of carbonyl (C=O) groups excluding carboxylic acids is 3. The first kappa shape index (κ1) is 21.1. The van der Waals surface area contributed by atoms with E-state index in [1.54, 1.807) is 5.32 Å². The maximum atomic E-state index is 14.0. The number of carbonyl (C=O) groups is 3. The molecule has 1 heterocycles. The van der Waals surface area contributed by atoms with Crippen LogP contribution in [0.5, 0.6) is 11.5 Å². The summed E-state index contributed by atoms with van der Waals surface area (Å²) in [6, 6.07) is 3.63. The minimum Gasteiger partial charge on any atom is -0.493 e. The third kappa shape index (κ3) is 3.23. The van der Waals surface area contributed by atoms with Crippen molar-refractivity contribution in [1.82, 2.24) is 10.6 Å². The zero-order chi connectivity index (χ0) is 21.3. The van der Waals surface area contributed by atoms with E-state index in [2.05, 4.69) is 4.74 Å². The van der Waals surface area contributed by atoms with Crippen LogP contribution in [0.2, 0.25) is 0 Å². The molecule has 1 aromatic rings. The number of rotatable bonds is 5. The molecule has 28 heavy (non-hydrogen) atoms. The lowest BCUT2D eigenvalue weighted by Crippen LogP contribution is -2.66. The van der Waals surface area contributed by atoms with Crippen molar-refractivity contribution in [3.63, 3.8) is 0 Å². The fraction of sp³-hybridized carbons (Fsp3) is 0.353. The van der Waals surface area contributed by atoms with Crippen LogP contribution in [0.15, 0.2) is 29.5 Å². The number of alkyl halides is 3. The molecular formula is C17H17F3N2O6. The van der Waals surface area contributed by atoms with Crippen molar-refractivity contribution in [3.8, 4) is 11.5 Å². The van der Waals surface area contributed by atoms with E-state index in [0.29, 0.717) is 0 Å². The van der Waals surface area contributed by atoms with Crippen molar-refractivity contribution >= 4 is 17.8 Å². The van der Waals surface area contributed by atoms with Gasteiger partial charge in [-0.3, -0.25) is 9.59 Å². The minimum absolute atomic E-state index is 0.0898. The lowest BCUT2D eigenvalue weighted by atomic mass is 9.88. The molecule has 1 aliphatic heterocycles. The first-order valence-electron chi connectivity index (χ1n) is 7.75. The predicted molar refractivity (Wildman–Crippen MR) is 88.7 cm³/mol. The average Bonchev–Trinajstić information content (AvgIpc) is 2.90. The molecule has 0 aromatic heterocycles. The van der Waals surface area contributed by atoms with E-state index < -0.39 is 35.1 Å². The maximum absolute atomic E-state index is 14.0. The van der Waals surface area contributed by atoms with E-state index >= 15 is 0 Å². The van der Waals surface area contributed by atoms with Crippen LogP contribution >= 0.6 is 0 Å². The largest absolute Gasteiger partial charge is 0.493 e. The third-order valence-corrected chi connectivity index (χ3v) is 4.15. The highest BCUT2D eigenvalue weighted by molar-refractivity contribution is 6.11. The average molecular weight is 402 g/mol. The van der Waals surface area contributed by atoms with Gasteiger partial charge < -0.3 is 24.8 Å². The van der Waals surface area contributed by atoms with Crippen molar-refractivity contribution in [2.75, 3.05) is 21.3 Å². The van der Waals surface area contributed by atoms with E-state index in [1.165, 1.54) is 26.4 Å².